The number of aromatic nitrogens is 1. The van der Waals surface area contributed by atoms with Crippen LogP contribution in [-0.4, -0.2) is 74.2 Å². The summed E-state index contributed by atoms with van der Waals surface area (Å²) in [6, 6.07) is 16.5. The first-order valence-electron chi connectivity index (χ1n) is 14.4. The molecular weight excluding hydrogens is 637 g/mol. The highest BCUT2D eigenvalue weighted by Crippen LogP contribution is 2.40. The van der Waals surface area contributed by atoms with Crippen molar-refractivity contribution in [2.24, 2.45) is 0 Å². The maximum atomic E-state index is 12.9. The number of alkyl halides is 1. The van der Waals surface area contributed by atoms with Crippen molar-refractivity contribution in [2.45, 2.75) is 12.3 Å². The predicted molar refractivity (Wildman–Crippen MR) is 178 cm³/mol. The highest BCUT2D eigenvalue weighted by Gasteiger charge is 2.22. The maximum Gasteiger partial charge on any atom is 0.253 e. The van der Waals surface area contributed by atoms with E-state index in [0.717, 1.165) is 31.6 Å². The van der Waals surface area contributed by atoms with Crippen molar-refractivity contribution in [3.8, 4) is 23.3 Å². The molecule has 0 atom stereocenters. The number of carbonyl (C=O) groups excluding carboxylic acids is 1. The average molecular weight is 669 g/mol. The second kappa shape index (κ2) is 14.9. The molecule has 234 valence electrons. The number of nitrogens with zero attached hydrogens (tertiary/aromatic N) is 4. The molecule has 0 spiro atoms. The molecular formula is C33H32Cl3N5O4. The number of benzene rings is 3. The van der Waals surface area contributed by atoms with E-state index in [-0.39, 0.29) is 5.91 Å². The summed E-state index contributed by atoms with van der Waals surface area (Å²) in [6.07, 6.45) is 2.29. The van der Waals surface area contributed by atoms with Crippen LogP contribution in [0.2, 0.25) is 10.0 Å². The zero-order valence-electron chi connectivity index (χ0n) is 24.9. The summed E-state index contributed by atoms with van der Waals surface area (Å²) in [5.41, 5.74) is 3.66. The number of methoxy groups -OCH3 is 2. The summed E-state index contributed by atoms with van der Waals surface area (Å²) in [7, 11) is 3.08. The van der Waals surface area contributed by atoms with Crippen LogP contribution < -0.4 is 19.5 Å². The maximum absolute atomic E-state index is 12.9. The van der Waals surface area contributed by atoms with Crippen molar-refractivity contribution in [1.29, 1.82) is 5.26 Å². The van der Waals surface area contributed by atoms with Gasteiger partial charge in [0.25, 0.3) is 5.91 Å². The fraction of sp³-hybridized carbons (Fsp3) is 0.303. The summed E-state index contributed by atoms with van der Waals surface area (Å²) in [5, 5.41) is 14.5. The van der Waals surface area contributed by atoms with Gasteiger partial charge < -0.3 is 24.4 Å². The zero-order valence-corrected chi connectivity index (χ0v) is 27.2. The van der Waals surface area contributed by atoms with Crippen LogP contribution in [-0.2, 0) is 5.88 Å². The Kier molecular flexibility index (Phi) is 10.7. The van der Waals surface area contributed by atoms with E-state index in [9.17, 15) is 10.1 Å². The molecule has 45 heavy (non-hydrogen) atoms. The van der Waals surface area contributed by atoms with Crippen LogP contribution in [0.15, 0.2) is 54.7 Å². The van der Waals surface area contributed by atoms with Crippen molar-refractivity contribution in [1.82, 2.24) is 14.8 Å². The van der Waals surface area contributed by atoms with E-state index in [4.69, 9.17) is 49.0 Å². The Morgan fingerprint density at radius 1 is 0.978 bits per heavy atom. The molecule has 0 aliphatic carbocycles. The van der Waals surface area contributed by atoms with Crippen molar-refractivity contribution < 1.29 is 19.0 Å². The van der Waals surface area contributed by atoms with Gasteiger partial charge in [-0.15, -0.1) is 11.6 Å². The Hall–Kier alpha value is -3.94. The SMILES string of the molecule is COc1cc(Nc2c(C#N)cnc3cc(OCCCN4CCN(C(=O)c5ccc(CCl)cc5)CC4)c(OC)cc23)c(Cl)cc1Cl. The van der Waals surface area contributed by atoms with Crippen LogP contribution in [0.1, 0.15) is 27.9 Å². The van der Waals surface area contributed by atoms with Crippen molar-refractivity contribution in [2.75, 3.05) is 58.9 Å². The van der Waals surface area contributed by atoms with E-state index in [1.54, 1.807) is 31.4 Å². The molecule has 1 aromatic heterocycles. The highest BCUT2D eigenvalue weighted by molar-refractivity contribution is 6.37. The van der Waals surface area contributed by atoms with E-state index in [1.807, 2.05) is 29.2 Å². The van der Waals surface area contributed by atoms with Crippen LogP contribution in [0.25, 0.3) is 10.9 Å². The minimum atomic E-state index is 0.0485. The number of nitriles is 1. The Bertz CT molecular complexity index is 1720. The summed E-state index contributed by atoms with van der Waals surface area (Å²) >= 11 is 18.5. The molecule has 1 amide bonds. The number of hydrogen-bond acceptors (Lipinski definition) is 8. The third kappa shape index (κ3) is 7.48. The normalized spacial score (nSPS) is 13.4. The largest absolute Gasteiger partial charge is 0.495 e. The zero-order chi connectivity index (χ0) is 31.9. The first kappa shape index (κ1) is 32.5. The molecule has 9 nitrogen and oxygen atoms in total. The number of pyridine rings is 1. The van der Waals surface area contributed by atoms with Gasteiger partial charge in [-0.05, 0) is 36.2 Å². The molecule has 1 N–H and O–H groups in total. The summed E-state index contributed by atoms with van der Waals surface area (Å²) < 4.78 is 17.1. The first-order chi connectivity index (χ1) is 21.8. The molecule has 5 rings (SSSR count). The lowest BCUT2D eigenvalue weighted by Gasteiger charge is -2.34. The van der Waals surface area contributed by atoms with Crippen LogP contribution >= 0.6 is 34.8 Å². The lowest BCUT2D eigenvalue weighted by Crippen LogP contribution is -2.49. The second-order valence-corrected chi connectivity index (χ2v) is 11.5. The monoisotopic (exact) mass is 667 g/mol. The van der Waals surface area contributed by atoms with Gasteiger partial charge in [0.2, 0.25) is 0 Å². The third-order valence-electron chi connectivity index (χ3n) is 7.67. The summed E-state index contributed by atoms with van der Waals surface area (Å²) in [6.45, 7) is 4.26. The number of halogens is 3. The molecule has 0 radical (unpaired) electrons. The lowest BCUT2D eigenvalue weighted by atomic mass is 10.1. The van der Waals surface area contributed by atoms with Crippen LogP contribution in [0, 0.1) is 11.3 Å². The Morgan fingerprint density at radius 2 is 1.71 bits per heavy atom. The van der Waals surface area contributed by atoms with Gasteiger partial charge in [0.1, 0.15) is 11.8 Å². The van der Waals surface area contributed by atoms with Gasteiger partial charge in [-0.3, -0.25) is 14.7 Å². The van der Waals surface area contributed by atoms with Crippen molar-refractivity contribution in [3.05, 3.63) is 81.5 Å². The number of hydrogen-bond donors (Lipinski definition) is 1. The Morgan fingerprint density at radius 3 is 2.38 bits per heavy atom. The first-order valence-corrected chi connectivity index (χ1v) is 15.6. The molecule has 3 aromatic carbocycles. The molecule has 0 bridgehead atoms. The van der Waals surface area contributed by atoms with E-state index in [2.05, 4.69) is 21.3 Å². The number of piperazine rings is 1. The molecule has 12 heteroatoms. The van der Waals surface area contributed by atoms with Gasteiger partial charge in [-0.2, -0.15) is 5.26 Å². The van der Waals surface area contributed by atoms with Crippen molar-refractivity contribution in [3.63, 3.8) is 0 Å². The topological polar surface area (TPSA) is 100.0 Å². The summed E-state index contributed by atoms with van der Waals surface area (Å²) in [4.78, 5) is 21.6. The predicted octanol–water partition coefficient (Wildman–Crippen LogP) is 7.14. The van der Waals surface area contributed by atoms with Gasteiger partial charge >= 0.3 is 0 Å². The molecule has 0 saturated carbocycles. The van der Waals surface area contributed by atoms with Crippen LogP contribution in [0.5, 0.6) is 17.2 Å². The third-order valence-corrected chi connectivity index (χ3v) is 8.58. The number of fused-ring (bicyclic) bond motifs is 1. The van der Waals surface area contributed by atoms with Gasteiger partial charge in [0, 0.05) is 67.9 Å². The quantitative estimate of drug-likeness (QED) is 0.133. The molecule has 1 aliphatic heterocycles. The van der Waals surface area contributed by atoms with E-state index in [1.165, 1.54) is 13.3 Å². The summed E-state index contributed by atoms with van der Waals surface area (Å²) in [5.74, 6) is 1.98. The van der Waals surface area contributed by atoms with E-state index in [0.29, 0.717) is 86.3 Å². The Balaban J connectivity index is 1.21. The number of nitrogens with one attached hydrogen (secondary N) is 1. The number of amides is 1. The number of anilines is 2. The number of ether oxygens (including phenoxy) is 3. The molecule has 1 aliphatic rings. The average Bonchev–Trinajstić information content (AvgIpc) is 3.07. The van der Waals surface area contributed by atoms with Crippen LogP contribution in [0.4, 0.5) is 11.4 Å². The molecule has 2 heterocycles. The van der Waals surface area contributed by atoms with Gasteiger partial charge in [-0.25, -0.2) is 0 Å². The smallest absolute Gasteiger partial charge is 0.253 e. The fourth-order valence-electron chi connectivity index (χ4n) is 5.17. The van der Waals surface area contributed by atoms with Gasteiger partial charge in [0.05, 0.1) is 53.3 Å². The molecule has 4 aromatic rings. The van der Waals surface area contributed by atoms with Crippen LogP contribution in [0.3, 0.4) is 0 Å². The number of rotatable bonds is 11. The van der Waals surface area contributed by atoms with Crippen molar-refractivity contribution >= 4 is 63.0 Å². The van der Waals surface area contributed by atoms with E-state index < -0.39 is 0 Å². The molecule has 1 fully saturated rings. The van der Waals surface area contributed by atoms with Gasteiger partial charge in [0.15, 0.2) is 11.5 Å². The lowest BCUT2D eigenvalue weighted by molar-refractivity contribution is 0.0630. The standard InChI is InChI=1S/C33H32Cl3N5O4/c1-43-29-17-28(25(35)15-26(29)36)39-32-23(19-37)20-38-27-16-31(30(44-2)14-24(27)32)45-13-3-8-40-9-11-41(12-10-40)33(42)22-6-4-21(18-34)5-7-22/h4-7,14-17,20H,3,8-13,18H2,1-2H3,(H,38,39). The fourth-order valence-corrected chi connectivity index (χ4v) is 5.86. The van der Waals surface area contributed by atoms with Gasteiger partial charge in [-0.1, -0.05) is 35.3 Å². The molecule has 0 unspecified atom stereocenters. The molecule has 1 saturated heterocycles. The minimum Gasteiger partial charge on any atom is -0.495 e. The van der Waals surface area contributed by atoms with E-state index >= 15 is 0 Å². The highest BCUT2D eigenvalue weighted by atomic mass is 35.5. The minimum absolute atomic E-state index is 0.0485. The second-order valence-electron chi connectivity index (χ2n) is 10.4. The Labute approximate surface area is 277 Å². The number of carbonyl (C=O) groups is 1.